The Hall–Kier alpha value is -1.69. The van der Waals surface area contributed by atoms with Gasteiger partial charge in [0.1, 0.15) is 0 Å². The van der Waals surface area contributed by atoms with Crippen molar-refractivity contribution in [2.24, 2.45) is 5.92 Å². The molecule has 4 atom stereocenters. The van der Waals surface area contributed by atoms with Crippen molar-refractivity contribution in [2.45, 2.75) is 32.0 Å². The van der Waals surface area contributed by atoms with E-state index in [4.69, 9.17) is 4.74 Å². The zero-order chi connectivity index (χ0) is 15.0. The Morgan fingerprint density at radius 1 is 1.35 bits per heavy atom. The number of phenols is 1. The van der Waals surface area contributed by atoms with Gasteiger partial charge < -0.3 is 14.6 Å². The van der Waals surface area contributed by atoms with Crippen molar-refractivity contribution in [2.75, 3.05) is 7.11 Å². The highest BCUT2D eigenvalue weighted by Crippen LogP contribution is 2.44. The fourth-order valence-electron chi connectivity index (χ4n) is 2.60. The van der Waals surface area contributed by atoms with Gasteiger partial charge in [-0.15, -0.1) is 0 Å². The molecule has 1 saturated heterocycles. The summed E-state index contributed by atoms with van der Waals surface area (Å²) in [5.74, 6) is -4.59. The molecule has 1 N–H and O–H groups in total. The van der Waals surface area contributed by atoms with Gasteiger partial charge in [0.05, 0.1) is 13.2 Å². The van der Waals surface area contributed by atoms with Gasteiger partial charge in [0.2, 0.25) is 5.82 Å². The first-order valence-electron chi connectivity index (χ1n) is 6.28. The van der Waals surface area contributed by atoms with Gasteiger partial charge >= 0.3 is 5.97 Å². The number of phenolic OH excluding ortho intramolecular Hbond substituents is 1. The summed E-state index contributed by atoms with van der Waals surface area (Å²) in [5, 5.41) is 9.79. The molecule has 0 bridgehead atoms. The van der Waals surface area contributed by atoms with Gasteiger partial charge in [-0.3, -0.25) is 0 Å². The molecule has 1 aromatic rings. The Morgan fingerprint density at radius 2 is 2.00 bits per heavy atom. The average Bonchev–Trinajstić information content (AvgIpc) is 2.72. The third-order valence-electron chi connectivity index (χ3n) is 3.89. The quantitative estimate of drug-likeness (QED) is 0.848. The molecule has 0 aliphatic carbocycles. The zero-order valence-corrected chi connectivity index (χ0v) is 11.4. The number of methoxy groups -OCH3 is 1. The monoisotopic (exact) mass is 286 g/mol. The molecule has 2 rings (SSSR count). The highest BCUT2D eigenvalue weighted by atomic mass is 19.2. The van der Waals surface area contributed by atoms with Gasteiger partial charge in [-0.1, -0.05) is 13.0 Å². The number of halogens is 2. The Bertz CT molecular complexity index is 532. The van der Waals surface area contributed by atoms with Gasteiger partial charge in [0.25, 0.3) is 0 Å². The summed E-state index contributed by atoms with van der Waals surface area (Å²) in [6, 6.07) is 2.20. The normalized spacial score (nSPS) is 29.4. The molecule has 1 aliphatic heterocycles. The van der Waals surface area contributed by atoms with Crippen molar-refractivity contribution in [3.63, 3.8) is 0 Å². The van der Waals surface area contributed by atoms with E-state index >= 15 is 0 Å². The maximum atomic E-state index is 13.5. The van der Waals surface area contributed by atoms with Crippen LogP contribution in [0.25, 0.3) is 0 Å². The summed E-state index contributed by atoms with van der Waals surface area (Å²) in [5.41, 5.74) is 0.149. The van der Waals surface area contributed by atoms with Crippen LogP contribution in [0.15, 0.2) is 12.1 Å². The van der Waals surface area contributed by atoms with Gasteiger partial charge in [-0.05, 0) is 18.9 Å². The molecule has 4 nitrogen and oxygen atoms in total. The van der Waals surface area contributed by atoms with E-state index in [2.05, 4.69) is 4.74 Å². The van der Waals surface area contributed by atoms with E-state index in [1.807, 2.05) is 6.92 Å². The second-order valence-corrected chi connectivity index (χ2v) is 4.97. The molecule has 6 heteroatoms. The Kier molecular flexibility index (Phi) is 3.94. The minimum absolute atomic E-state index is 0.149. The first-order valence-corrected chi connectivity index (χ1v) is 6.28. The molecular weight excluding hydrogens is 270 g/mol. The second-order valence-electron chi connectivity index (χ2n) is 4.97. The molecule has 1 aromatic carbocycles. The van der Waals surface area contributed by atoms with Gasteiger partial charge in [0, 0.05) is 11.5 Å². The molecule has 0 amide bonds. The standard InChI is InChI=1S/C14H16F2O4/c1-6-7(2)20-13(14(18)19-3)10(6)8-4-5-9(15)11(16)12(8)17/h4-7,10,13,17H,1-3H3/t6-,7-,10+,13-/m1/s1. The van der Waals surface area contributed by atoms with Crippen molar-refractivity contribution in [1.29, 1.82) is 0 Å². The zero-order valence-electron chi connectivity index (χ0n) is 11.4. The molecule has 1 aliphatic rings. The number of hydrogen-bond donors (Lipinski definition) is 1. The SMILES string of the molecule is COC(=O)[C@@H]1O[C@H](C)[C@@H](C)[C@H]1c1ccc(F)c(F)c1O. The highest BCUT2D eigenvalue weighted by Gasteiger charge is 2.46. The lowest BCUT2D eigenvalue weighted by molar-refractivity contribution is -0.153. The van der Waals surface area contributed by atoms with E-state index in [1.54, 1.807) is 6.92 Å². The fourth-order valence-corrected chi connectivity index (χ4v) is 2.60. The van der Waals surface area contributed by atoms with Gasteiger partial charge in [0.15, 0.2) is 17.7 Å². The summed E-state index contributed by atoms with van der Waals surface area (Å²) in [6.45, 7) is 3.59. The molecule has 0 radical (unpaired) electrons. The average molecular weight is 286 g/mol. The van der Waals surface area contributed by atoms with Crippen molar-refractivity contribution in [3.05, 3.63) is 29.3 Å². The van der Waals surface area contributed by atoms with Gasteiger partial charge in [-0.25, -0.2) is 9.18 Å². The van der Waals surface area contributed by atoms with Crippen molar-refractivity contribution < 1.29 is 28.2 Å². The van der Waals surface area contributed by atoms with Crippen molar-refractivity contribution in [1.82, 2.24) is 0 Å². The van der Waals surface area contributed by atoms with Crippen LogP contribution in [0.1, 0.15) is 25.3 Å². The topological polar surface area (TPSA) is 55.8 Å². The van der Waals surface area contributed by atoms with Gasteiger partial charge in [-0.2, -0.15) is 4.39 Å². The van der Waals surface area contributed by atoms with E-state index < -0.39 is 35.4 Å². The third kappa shape index (κ3) is 2.24. The predicted molar refractivity (Wildman–Crippen MR) is 66.3 cm³/mol. The van der Waals surface area contributed by atoms with Crippen LogP contribution in [-0.2, 0) is 14.3 Å². The molecule has 110 valence electrons. The number of carbonyl (C=O) groups is 1. The molecule has 1 fully saturated rings. The second kappa shape index (κ2) is 5.36. The van der Waals surface area contributed by atoms with Crippen LogP contribution in [0.3, 0.4) is 0 Å². The molecule has 0 saturated carbocycles. The summed E-state index contributed by atoms with van der Waals surface area (Å²) < 4.78 is 36.8. The Balaban J connectivity index is 2.48. The maximum Gasteiger partial charge on any atom is 0.335 e. The largest absolute Gasteiger partial charge is 0.505 e. The van der Waals surface area contributed by atoms with Crippen LogP contribution in [0.2, 0.25) is 0 Å². The minimum Gasteiger partial charge on any atom is -0.505 e. The smallest absolute Gasteiger partial charge is 0.335 e. The van der Waals surface area contributed by atoms with Crippen LogP contribution in [-0.4, -0.2) is 30.4 Å². The summed E-state index contributed by atoms with van der Waals surface area (Å²) >= 11 is 0. The molecule has 1 heterocycles. The maximum absolute atomic E-state index is 13.5. The number of rotatable bonds is 2. The van der Waals surface area contributed by atoms with Crippen LogP contribution < -0.4 is 0 Å². The Morgan fingerprint density at radius 3 is 2.60 bits per heavy atom. The van der Waals surface area contributed by atoms with Crippen molar-refractivity contribution in [3.8, 4) is 5.75 Å². The summed E-state index contributed by atoms with van der Waals surface area (Å²) in [6.07, 6.45) is -1.21. The first kappa shape index (κ1) is 14.7. The number of benzene rings is 1. The molecule has 0 aromatic heterocycles. The third-order valence-corrected chi connectivity index (χ3v) is 3.89. The predicted octanol–water partition coefficient (Wildman–Crippen LogP) is 2.35. The molecule has 0 spiro atoms. The number of esters is 1. The molecular formula is C14H16F2O4. The lowest BCUT2D eigenvalue weighted by atomic mass is 9.82. The van der Waals surface area contributed by atoms with Crippen LogP contribution in [0, 0.1) is 17.6 Å². The lowest BCUT2D eigenvalue weighted by Gasteiger charge is -2.21. The van der Waals surface area contributed by atoms with E-state index in [0.29, 0.717) is 0 Å². The van der Waals surface area contributed by atoms with E-state index in [0.717, 1.165) is 6.07 Å². The van der Waals surface area contributed by atoms with E-state index in [-0.39, 0.29) is 17.6 Å². The number of aromatic hydroxyl groups is 1. The fraction of sp³-hybridized carbons (Fsp3) is 0.500. The summed E-state index contributed by atoms with van der Waals surface area (Å²) in [4.78, 5) is 11.8. The minimum atomic E-state index is -1.32. The lowest BCUT2D eigenvalue weighted by Crippen LogP contribution is -2.28. The van der Waals surface area contributed by atoms with Crippen LogP contribution in [0.4, 0.5) is 8.78 Å². The number of hydrogen-bond acceptors (Lipinski definition) is 4. The first-order chi connectivity index (χ1) is 9.38. The van der Waals surface area contributed by atoms with Crippen LogP contribution in [0.5, 0.6) is 5.75 Å². The molecule has 0 unspecified atom stereocenters. The highest BCUT2D eigenvalue weighted by molar-refractivity contribution is 5.76. The van der Waals surface area contributed by atoms with Crippen LogP contribution >= 0.6 is 0 Å². The Labute approximate surface area is 115 Å². The van der Waals surface area contributed by atoms with Crippen molar-refractivity contribution >= 4 is 5.97 Å². The van der Waals surface area contributed by atoms with E-state index in [1.165, 1.54) is 13.2 Å². The molecule has 20 heavy (non-hydrogen) atoms. The number of carbonyl (C=O) groups excluding carboxylic acids is 1. The van der Waals surface area contributed by atoms with E-state index in [9.17, 15) is 18.7 Å². The number of ether oxygens (including phenoxy) is 2. The summed E-state index contributed by atoms with van der Waals surface area (Å²) in [7, 11) is 1.22.